The van der Waals surface area contributed by atoms with Gasteiger partial charge in [0.1, 0.15) is 10.6 Å². The summed E-state index contributed by atoms with van der Waals surface area (Å²) in [4.78, 5) is -0.441. The summed E-state index contributed by atoms with van der Waals surface area (Å²) in [5, 5.41) is 0. The van der Waals surface area contributed by atoms with E-state index in [9.17, 15) is 8.42 Å². The van der Waals surface area contributed by atoms with E-state index < -0.39 is 15.0 Å². The molecule has 0 aliphatic rings. The molecule has 0 fully saturated rings. The summed E-state index contributed by atoms with van der Waals surface area (Å²) in [7, 11) is -4.34. The number of rotatable bonds is 3. The number of hydrogen-bond acceptors (Lipinski definition) is 3. The van der Waals surface area contributed by atoms with Crippen LogP contribution >= 0.6 is 0 Å². The molecule has 1 radical (unpaired) electrons. The Kier molecular flexibility index (Phi) is 2.97. The number of hydrogen-bond donors (Lipinski definition) is 1. The van der Waals surface area contributed by atoms with E-state index in [1.54, 1.807) is 6.92 Å². The Morgan fingerprint density at radius 1 is 1.50 bits per heavy atom. The molecule has 0 aromatic heterocycles. The van der Waals surface area contributed by atoms with E-state index >= 15 is 0 Å². The van der Waals surface area contributed by atoms with Crippen molar-refractivity contribution in [1.29, 1.82) is 0 Å². The van der Waals surface area contributed by atoms with Gasteiger partial charge in [-0.2, -0.15) is 8.42 Å². The lowest BCUT2D eigenvalue weighted by atomic mass is 10.3. The number of benzene rings is 1. The molecule has 14 heavy (non-hydrogen) atoms. The van der Waals surface area contributed by atoms with Gasteiger partial charge in [0.2, 0.25) is 0 Å². The highest BCUT2D eigenvalue weighted by atomic mass is 32.2. The third-order valence-corrected chi connectivity index (χ3v) is 2.44. The molecule has 0 unspecified atom stereocenters. The lowest BCUT2D eigenvalue weighted by molar-refractivity contribution is 0.339. The molecule has 77 valence electrons. The zero-order chi connectivity index (χ0) is 10.8. The van der Waals surface area contributed by atoms with Gasteiger partial charge in [0.15, 0.2) is 0 Å². The largest absolute Gasteiger partial charge is 0.494 e. The van der Waals surface area contributed by atoms with Gasteiger partial charge in [-0.1, -0.05) is 0 Å². The first-order valence-corrected chi connectivity index (χ1v) is 5.35. The van der Waals surface area contributed by atoms with Crippen molar-refractivity contribution in [2.24, 2.45) is 0 Å². The van der Waals surface area contributed by atoms with Crippen molar-refractivity contribution in [2.75, 3.05) is 6.61 Å². The zero-order valence-corrected chi connectivity index (χ0v) is 8.34. The first-order valence-electron chi connectivity index (χ1n) is 3.91. The maximum atomic E-state index is 10.8. The summed E-state index contributed by atoms with van der Waals surface area (Å²) >= 11 is 0. The molecular formula is C8H10NO4S. The summed E-state index contributed by atoms with van der Waals surface area (Å²) in [5.74, 6) is 0.316. The summed E-state index contributed by atoms with van der Waals surface area (Å²) in [6.45, 7) is 2.14. The molecule has 0 saturated carbocycles. The lowest BCUT2D eigenvalue weighted by Gasteiger charge is -2.05. The highest BCUT2D eigenvalue weighted by Crippen LogP contribution is 2.24. The average Bonchev–Trinajstić information content (AvgIpc) is 2.07. The molecule has 1 aromatic rings. The van der Waals surface area contributed by atoms with Crippen LogP contribution in [-0.2, 0) is 10.1 Å². The molecular weight excluding hydrogens is 206 g/mol. The SMILES string of the molecule is CCOc1ccc([NH])c(S(=O)(=O)O)c1. The third-order valence-electron chi connectivity index (χ3n) is 1.54. The predicted octanol–water partition coefficient (Wildman–Crippen LogP) is 1.25. The van der Waals surface area contributed by atoms with Crippen LogP contribution in [0.2, 0.25) is 0 Å². The summed E-state index contributed by atoms with van der Waals surface area (Å²) < 4.78 is 35.4. The van der Waals surface area contributed by atoms with Crippen molar-refractivity contribution in [3.63, 3.8) is 0 Å². The summed E-state index contributed by atoms with van der Waals surface area (Å²) in [6.07, 6.45) is 0. The van der Waals surface area contributed by atoms with E-state index in [1.165, 1.54) is 12.1 Å². The monoisotopic (exact) mass is 216 g/mol. The van der Waals surface area contributed by atoms with Gasteiger partial charge < -0.3 is 4.74 Å². The van der Waals surface area contributed by atoms with E-state index in [0.29, 0.717) is 12.4 Å². The van der Waals surface area contributed by atoms with Crippen molar-refractivity contribution in [3.8, 4) is 5.75 Å². The molecule has 0 bridgehead atoms. The average molecular weight is 216 g/mol. The zero-order valence-electron chi connectivity index (χ0n) is 7.52. The van der Waals surface area contributed by atoms with Gasteiger partial charge in [0.05, 0.1) is 12.3 Å². The molecule has 0 saturated heterocycles. The molecule has 0 atom stereocenters. The molecule has 0 aliphatic heterocycles. The van der Waals surface area contributed by atoms with E-state index in [2.05, 4.69) is 0 Å². The van der Waals surface area contributed by atoms with Crippen LogP contribution in [-0.4, -0.2) is 19.6 Å². The molecule has 5 nitrogen and oxygen atoms in total. The van der Waals surface area contributed by atoms with E-state index in [0.717, 1.165) is 6.07 Å². The molecule has 2 N–H and O–H groups in total. The summed E-state index contributed by atoms with van der Waals surface area (Å²) in [6, 6.07) is 3.86. The van der Waals surface area contributed by atoms with Gasteiger partial charge >= 0.3 is 0 Å². The van der Waals surface area contributed by atoms with Crippen LogP contribution in [0.25, 0.3) is 0 Å². The van der Waals surface area contributed by atoms with Crippen molar-refractivity contribution < 1.29 is 17.7 Å². The Balaban J connectivity index is 3.22. The van der Waals surface area contributed by atoms with Crippen LogP contribution in [0.1, 0.15) is 6.92 Å². The van der Waals surface area contributed by atoms with Gasteiger partial charge in [-0.15, -0.1) is 0 Å². The van der Waals surface area contributed by atoms with Crippen LogP contribution in [0.15, 0.2) is 23.1 Å². The Labute approximate surface area is 82.2 Å². The van der Waals surface area contributed by atoms with E-state index in [-0.39, 0.29) is 5.69 Å². The predicted molar refractivity (Wildman–Crippen MR) is 50.2 cm³/mol. The summed E-state index contributed by atoms with van der Waals surface area (Å²) in [5.41, 5.74) is 7.01. The molecule has 0 amide bonds. The third kappa shape index (κ3) is 2.36. The number of ether oxygens (including phenoxy) is 1. The quantitative estimate of drug-likeness (QED) is 0.770. The molecule has 1 aromatic carbocycles. The highest BCUT2D eigenvalue weighted by molar-refractivity contribution is 7.86. The van der Waals surface area contributed by atoms with Crippen LogP contribution < -0.4 is 10.5 Å². The fraction of sp³-hybridized carbons (Fsp3) is 0.250. The number of nitrogens with one attached hydrogen (secondary N) is 1. The minimum atomic E-state index is -4.34. The van der Waals surface area contributed by atoms with Crippen LogP contribution in [0.5, 0.6) is 5.75 Å². The molecule has 0 spiro atoms. The minimum Gasteiger partial charge on any atom is -0.494 e. The van der Waals surface area contributed by atoms with Gasteiger partial charge in [0.25, 0.3) is 10.1 Å². The maximum absolute atomic E-state index is 10.8. The topological polar surface area (TPSA) is 87.4 Å². The molecule has 6 heteroatoms. The second-order valence-corrected chi connectivity index (χ2v) is 3.96. The lowest BCUT2D eigenvalue weighted by Crippen LogP contribution is -2.01. The Bertz CT molecular complexity index is 427. The van der Waals surface area contributed by atoms with E-state index in [4.69, 9.17) is 15.0 Å². The van der Waals surface area contributed by atoms with Gasteiger partial charge in [-0.3, -0.25) is 10.3 Å². The Morgan fingerprint density at radius 3 is 2.64 bits per heavy atom. The van der Waals surface area contributed by atoms with Crippen LogP contribution in [0, 0.1) is 0 Å². The Hall–Kier alpha value is -1.27. The van der Waals surface area contributed by atoms with Crippen LogP contribution in [0.4, 0.5) is 5.69 Å². The normalized spacial score (nSPS) is 11.3. The standard InChI is InChI=1S/C8H10NO4S/c1-2-13-6-3-4-7(9)8(5-6)14(10,11)12/h3-5,9H,2H2,1H3,(H,10,11,12). The smallest absolute Gasteiger partial charge is 0.296 e. The molecule has 0 heterocycles. The van der Waals surface area contributed by atoms with Crippen LogP contribution in [0.3, 0.4) is 0 Å². The second kappa shape index (κ2) is 3.85. The van der Waals surface area contributed by atoms with Crippen molar-refractivity contribution >= 4 is 15.8 Å². The van der Waals surface area contributed by atoms with Gasteiger partial charge in [0, 0.05) is 6.07 Å². The first kappa shape index (κ1) is 10.8. The van der Waals surface area contributed by atoms with E-state index in [1.807, 2.05) is 0 Å². The fourth-order valence-corrected chi connectivity index (χ4v) is 1.58. The second-order valence-electron chi connectivity index (χ2n) is 2.57. The Morgan fingerprint density at radius 2 is 2.14 bits per heavy atom. The van der Waals surface area contributed by atoms with Gasteiger partial charge in [-0.05, 0) is 19.1 Å². The van der Waals surface area contributed by atoms with Crippen molar-refractivity contribution in [3.05, 3.63) is 18.2 Å². The van der Waals surface area contributed by atoms with Crippen molar-refractivity contribution in [2.45, 2.75) is 11.8 Å². The van der Waals surface area contributed by atoms with Gasteiger partial charge in [-0.25, -0.2) is 0 Å². The highest BCUT2D eigenvalue weighted by Gasteiger charge is 2.15. The molecule has 1 rings (SSSR count). The minimum absolute atomic E-state index is 0.254. The first-order chi connectivity index (χ1) is 6.45. The molecule has 0 aliphatic carbocycles. The van der Waals surface area contributed by atoms with Crippen molar-refractivity contribution in [1.82, 2.24) is 5.73 Å². The maximum Gasteiger partial charge on any atom is 0.296 e. The fourth-order valence-electron chi connectivity index (χ4n) is 0.973.